The lowest BCUT2D eigenvalue weighted by molar-refractivity contribution is 0.377. The molecule has 0 N–H and O–H groups in total. The topological polar surface area (TPSA) is 44.2 Å². The van der Waals surface area contributed by atoms with Crippen LogP contribution in [0.1, 0.15) is 12.5 Å². The molecule has 0 atom stereocenters. The van der Waals surface area contributed by atoms with E-state index < -0.39 is 0 Å². The molecule has 0 radical (unpaired) electrons. The van der Waals surface area contributed by atoms with Crippen molar-refractivity contribution in [2.24, 2.45) is 0 Å². The molecule has 0 spiro atoms. The molecule has 0 bridgehead atoms. The van der Waals surface area contributed by atoms with Gasteiger partial charge in [0, 0.05) is 6.07 Å². The Morgan fingerprint density at radius 1 is 1.05 bits per heavy atom. The molecule has 0 saturated heterocycles. The number of benzene rings is 1. The summed E-state index contributed by atoms with van der Waals surface area (Å²) in [6, 6.07) is 7.20. The summed E-state index contributed by atoms with van der Waals surface area (Å²) in [4.78, 5) is 0. The summed E-state index contributed by atoms with van der Waals surface area (Å²) in [7, 11) is 1.58. The number of nitrogens with zero attached hydrogens (tertiary/aromatic N) is 2. The third-order valence-corrected chi connectivity index (χ3v) is 2.99. The van der Waals surface area contributed by atoms with Crippen LogP contribution in [-0.4, -0.2) is 17.3 Å². The van der Waals surface area contributed by atoms with E-state index in [2.05, 4.69) is 17.1 Å². The van der Waals surface area contributed by atoms with Crippen molar-refractivity contribution in [1.29, 1.82) is 0 Å². The zero-order chi connectivity index (χ0) is 13.8. The molecule has 1 aromatic carbocycles. The molecule has 19 heavy (non-hydrogen) atoms. The van der Waals surface area contributed by atoms with Crippen LogP contribution in [0.4, 0.5) is 0 Å². The summed E-state index contributed by atoms with van der Waals surface area (Å²) >= 11 is 11.7. The van der Waals surface area contributed by atoms with Gasteiger partial charge in [-0.25, -0.2) is 0 Å². The minimum Gasteiger partial charge on any atom is -0.493 e. The molecule has 0 fully saturated rings. The molecule has 2 rings (SSSR count). The van der Waals surface area contributed by atoms with Crippen LogP contribution in [0.15, 0.2) is 24.3 Å². The van der Waals surface area contributed by atoms with E-state index in [1.807, 2.05) is 18.2 Å². The van der Waals surface area contributed by atoms with Crippen LogP contribution in [0.3, 0.4) is 0 Å². The molecule has 6 heteroatoms. The predicted octanol–water partition coefficient (Wildman–Crippen LogP) is 4.15. The van der Waals surface area contributed by atoms with E-state index in [1.165, 1.54) is 6.07 Å². The summed E-state index contributed by atoms with van der Waals surface area (Å²) in [5.74, 6) is 1.51. The Kier molecular flexibility index (Phi) is 4.45. The summed E-state index contributed by atoms with van der Waals surface area (Å²) in [5, 5.41) is 7.66. The fourth-order valence-corrected chi connectivity index (χ4v) is 1.81. The van der Waals surface area contributed by atoms with Crippen molar-refractivity contribution >= 4 is 23.2 Å². The maximum atomic E-state index is 5.90. The van der Waals surface area contributed by atoms with Crippen LogP contribution in [0.2, 0.25) is 10.3 Å². The number of ether oxygens (including phenoxy) is 2. The van der Waals surface area contributed by atoms with Gasteiger partial charge in [0.2, 0.25) is 0 Å². The van der Waals surface area contributed by atoms with E-state index >= 15 is 0 Å². The van der Waals surface area contributed by atoms with Crippen LogP contribution in [0.5, 0.6) is 17.2 Å². The second-order valence-corrected chi connectivity index (χ2v) is 4.51. The average molecular weight is 299 g/mol. The monoisotopic (exact) mass is 298 g/mol. The van der Waals surface area contributed by atoms with E-state index in [0.717, 1.165) is 12.0 Å². The summed E-state index contributed by atoms with van der Waals surface area (Å²) in [6.07, 6.45) is 0.917. The Labute approximate surface area is 121 Å². The summed E-state index contributed by atoms with van der Waals surface area (Å²) in [6.45, 7) is 2.07. The first-order chi connectivity index (χ1) is 9.13. The second kappa shape index (κ2) is 6.08. The summed E-state index contributed by atoms with van der Waals surface area (Å²) in [5.41, 5.74) is 1.15. The Bertz CT molecular complexity index is 591. The molecule has 1 heterocycles. The van der Waals surface area contributed by atoms with Crippen molar-refractivity contribution in [3.05, 3.63) is 40.1 Å². The standard InChI is InChI=1S/C13H12Cl2N2O2/c1-3-8-4-5-9(10(6-8)18-2)19-11-7-12(14)16-17-13(11)15/h4-7H,3H2,1-2H3. The number of hydrogen-bond donors (Lipinski definition) is 0. The van der Waals surface area contributed by atoms with Crippen molar-refractivity contribution in [1.82, 2.24) is 10.2 Å². The lowest BCUT2D eigenvalue weighted by Gasteiger charge is -2.11. The first-order valence-corrected chi connectivity index (χ1v) is 6.43. The third-order valence-electron chi connectivity index (χ3n) is 2.54. The van der Waals surface area contributed by atoms with Gasteiger partial charge in [0.25, 0.3) is 0 Å². The largest absolute Gasteiger partial charge is 0.493 e. The van der Waals surface area contributed by atoms with Gasteiger partial charge in [0.15, 0.2) is 27.6 Å². The number of aryl methyl sites for hydroxylation is 1. The molecule has 0 amide bonds. The van der Waals surface area contributed by atoms with E-state index in [4.69, 9.17) is 32.7 Å². The Morgan fingerprint density at radius 3 is 2.53 bits per heavy atom. The van der Waals surface area contributed by atoms with Crippen molar-refractivity contribution in [3.63, 3.8) is 0 Å². The van der Waals surface area contributed by atoms with Crippen molar-refractivity contribution < 1.29 is 9.47 Å². The lowest BCUT2D eigenvalue weighted by atomic mass is 10.1. The maximum absolute atomic E-state index is 5.90. The van der Waals surface area contributed by atoms with Gasteiger partial charge in [-0.2, -0.15) is 0 Å². The minimum absolute atomic E-state index is 0.144. The molecular formula is C13H12Cl2N2O2. The molecule has 0 aliphatic carbocycles. The predicted molar refractivity (Wildman–Crippen MR) is 74.5 cm³/mol. The fraction of sp³-hybridized carbons (Fsp3) is 0.231. The normalized spacial score (nSPS) is 10.3. The zero-order valence-corrected chi connectivity index (χ0v) is 12.0. The smallest absolute Gasteiger partial charge is 0.194 e. The van der Waals surface area contributed by atoms with Gasteiger partial charge >= 0.3 is 0 Å². The maximum Gasteiger partial charge on any atom is 0.194 e. The van der Waals surface area contributed by atoms with Gasteiger partial charge < -0.3 is 9.47 Å². The number of hydrogen-bond acceptors (Lipinski definition) is 4. The van der Waals surface area contributed by atoms with Crippen LogP contribution in [0, 0.1) is 0 Å². The quantitative estimate of drug-likeness (QED) is 0.850. The van der Waals surface area contributed by atoms with Crippen molar-refractivity contribution in [2.75, 3.05) is 7.11 Å². The highest BCUT2D eigenvalue weighted by Gasteiger charge is 2.11. The highest BCUT2D eigenvalue weighted by Crippen LogP contribution is 2.35. The number of aromatic nitrogens is 2. The van der Waals surface area contributed by atoms with Gasteiger partial charge in [-0.15, -0.1) is 10.2 Å². The van der Waals surface area contributed by atoms with E-state index in [9.17, 15) is 0 Å². The molecule has 100 valence electrons. The third kappa shape index (κ3) is 3.28. The second-order valence-electron chi connectivity index (χ2n) is 3.76. The van der Waals surface area contributed by atoms with E-state index in [-0.39, 0.29) is 10.3 Å². The van der Waals surface area contributed by atoms with E-state index in [1.54, 1.807) is 7.11 Å². The van der Waals surface area contributed by atoms with Gasteiger partial charge in [0.05, 0.1) is 7.11 Å². The first-order valence-electron chi connectivity index (χ1n) is 5.67. The average Bonchev–Trinajstić information content (AvgIpc) is 2.43. The molecule has 0 aliphatic heterocycles. The first kappa shape index (κ1) is 13.9. The molecular weight excluding hydrogens is 287 g/mol. The highest BCUT2D eigenvalue weighted by molar-refractivity contribution is 6.32. The van der Waals surface area contributed by atoms with Crippen molar-refractivity contribution in [2.45, 2.75) is 13.3 Å². The highest BCUT2D eigenvalue weighted by atomic mass is 35.5. The summed E-state index contributed by atoms with van der Waals surface area (Å²) < 4.78 is 11.0. The zero-order valence-electron chi connectivity index (χ0n) is 10.5. The molecule has 1 aromatic heterocycles. The SMILES string of the molecule is CCc1ccc(Oc2cc(Cl)nnc2Cl)c(OC)c1. The Balaban J connectivity index is 2.35. The van der Waals surface area contributed by atoms with Crippen LogP contribution in [0.25, 0.3) is 0 Å². The van der Waals surface area contributed by atoms with Crippen LogP contribution < -0.4 is 9.47 Å². The molecule has 2 aromatic rings. The van der Waals surface area contributed by atoms with Crippen LogP contribution >= 0.6 is 23.2 Å². The van der Waals surface area contributed by atoms with Crippen molar-refractivity contribution in [3.8, 4) is 17.2 Å². The number of rotatable bonds is 4. The number of halogens is 2. The van der Waals surface area contributed by atoms with E-state index in [0.29, 0.717) is 17.2 Å². The molecule has 0 saturated carbocycles. The lowest BCUT2D eigenvalue weighted by Crippen LogP contribution is -1.94. The van der Waals surface area contributed by atoms with Gasteiger partial charge in [-0.1, -0.05) is 36.2 Å². The number of methoxy groups -OCH3 is 1. The Hall–Kier alpha value is -1.52. The Morgan fingerprint density at radius 2 is 1.84 bits per heavy atom. The van der Waals surface area contributed by atoms with Gasteiger partial charge in [0.1, 0.15) is 0 Å². The van der Waals surface area contributed by atoms with Gasteiger partial charge in [-0.3, -0.25) is 0 Å². The fourth-order valence-electron chi connectivity index (χ4n) is 1.54. The van der Waals surface area contributed by atoms with Crippen LogP contribution in [-0.2, 0) is 6.42 Å². The molecule has 4 nitrogen and oxygen atoms in total. The molecule has 0 unspecified atom stereocenters. The minimum atomic E-state index is 0.144. The van der Waals surface area contributed by atoms with Gasteiger partial charge in [-0.05, 0) is 24.1 Å². The molecule has 0 aliphatic rings.